The lowest BCUT2D eigenvalue weighted by molar-refractivity contribution is 0.0457. The van der Waals surface area contributed by atoms with E-state index in [9.17, 15) is 5.11 Å². The van der Waals surface area contributed by atoms with E-state index in [0.717, 1.165) is 18.5 Å². The fraction of sp³-hybridized carbons (Fsp3) is 0.571. The first kappa shape index (κ1) is 14.6. The number of benzene rings is 1. The van der Waals surface area contributed by atoms with Crippen LogP contribution >= 0.6 is 0 Å². The fourth-order valence-corrected chi connectivity index (χ4v) is 1.69. The molecule has 1 aromatic carbocycles. The molecule has 4 heteroatoms. The molecule has 0 amide bonds. The van der Waals surface area contributed by atoms with Gasteiger partial charge in [-0.2, -0.15) is 0 Å². The maximum absolute atomic E-state index is 10.2. The van der Waals surface area contributed by atoms with E-state index in [1.54, 1.807) is 0 Å². The minimum Gasteiger partial charge on any atom is -0.492 e. The zero-order valence-electron chi connectivity index (χ0n) is 11.5. The Morgan fingerprint density at radius 1 is 1.28 bits per heavy atom. The van der Waals surface area contributed by atoms with E-state index in [1.807, 2.05) is 39.0 Å². The van der Waals surface area contributed by atoms with Crippen LogP contribution < -0.4 is 15.8 Å². The van der Waals surface area contributed by atoms with Crippen molar-refractivity contribution in [3.63, 3.8) is 0 Å². The van der Waals surface area contributed by atoms with E-state index in [4.69, 9.17) is 10.5 Å². The first-order valence-corrected chi connectivity index (χ1v) is 6.53. The van der Waals surface area contributed by atoms with Crippen molar-refractivity contribution in [1.29, 1.82) is 0 Å². The fourth-order valence-electron chi connectivity index (χ4n) is 1.69. The molecular formula is C14H24N2O2. The summed E-state index contributed by atoms with van der Waals surface area (Å²) in [6, 6.07) is 5.57. The summed E-state index contributed by atoms with van der Waals surface area (Å²) in [6.07, 6.45) is 1.45. The summed E-state index contributed by atoms with van der Waals surface area (Å²) < 4.78 is 5.43. The molecule has 0 unspecified atom stereocenters. The van der Waals surface area contributed by atoms with Crippen molar-refractivity contribution in [2.75, 3.05) is 24.2 Å². The van der Waals surface area contributed by atoms with Crippen molar-refractivity contribution in [3.05, 3.63) is 18.2 Å². The molecule has 1 rings (SSSR count). The number of rotatable bonds is 7. The lowest BCUT2D eigenvalue weighted by Crippen LogP contribution is -2.35. The van der Waals surface area contributed by atoms with Crippen LogP contribution in [0.1, 0.15) is 33.6 Å². The lowest BCUT2D eigenvalue weighted by atomic mass is 9.97. The number of nitrogens with two attached hydrogens (primary N) is 1. The number of ether oxygens (including phenoxy) is 1. The molecule has 0 saturated carbocycles. The zero-order chi connectivity index (χ0) is 13.6. The van der Waals surface area contributed by atoms with Gasteiger partial charge in [-0.05, 0) is 31.9 Å². The molecule has 0 spiro atoms. The highest BCUT2D eigenvalue weighted by molar-refractivity contribution is 5.61. The Labute approximate surface area is 109 Å². The molecule has 0 atom stereocenters. The molecule has 0 aliphatic heterocycles. The number of nitrogen functional groups attached to an aromatic ring is 1. The average molecular weight is 252 g/mol. The van der Waals surface area contributed by atoms with Gasteiger partial charge in [0.15, 0.2) is 0 Å². The van der Waals surface area contributed by atoms with E-state index in [-0.39, 0.29) is 0 Å². The highest BCUT2D eigenvalue weighted by Crippen LogP contribution is 2.26. The second kappa shape index (κ2) is 6.50. The molecule has 0 aliphatic carbocycles. The van der Waals surface area contributed by atoms with Gasteiger partial charge in [-0.25, -0.2) is 0 Å². The summed E-state index contributed by atoms with van der Waals surface area (Å²) in [7, 11) is 0. The average Bonchev–Trinajstić information content (AvgIpc) is 2.39. The van der Waals surface area contributed by atoms with Gasteiger partial charge in [0.2, 0.25) is 0 Å². The first-order chi connectivity index (χ1) is 8.54. The van der Waals surface area contributed by atoms with Crippen molar-refractivity contribution < 1.29 is 9.84 Å². The summed E-state index contributed by atoms with van der Waals surface area (Å²) in [5.41, 5.74) is 6.69. The van der Waals surface area contributed by atoms with Crippen LogP contribution in [-0.4, -0.2) is 23.9 Å². The molecule has 18 heavy (non-hydrogen) atoms. The highest BCUT2D eigenvalue weighted by Gasteiger charge is 2.21. The van der Waals surface area contributed by atoms with Crippen molar-refractivity contribution in [2.45, 2.75) is 39.2 Å². The summed E-state index contributed by atoms with van der Waals surface area (Å²) in [6.45, 7) is 7.00. The number of hydrogen-bond donors (Lipinski definition) is 3. The van der Waals surface area contributed by atoms with Gasteiger partial charge in [0, 0.05) is 18.3 Å². The van der Waals surface area contributed by atoms with Crippen molar-refractivity contribution in [2.24, 2.45) is 0 Å². The van der Waals surface area contributed by atoms with Crippen LogP contribution in [0.25, 0.3) is 0 Å². The largest absolute Gasteiger partial charge is 0.492 e. The smallest absolute Gasteiger partial charge is 0.144 e. The van der Waals surface area contributed by atoms with Crippen LogP contribution in [0, 0.1) is 0 Å². The third-order valence-electron chi connectivity index (χ3n) is 3.25. The Bertz CT molecular complexity index is 376. The quantitative estimate of drug-likeness (QED) is 0.653. The number of aliphatic hydroxyl groups is 1. The maximum atomic E-state index is 10.2. The molecular weight excluding hydrogens is 228 g/mol. The monoisotopic (exact) mass is 252 g/mol. The normalized spacial score (nSPS) is 11.3. The Kier molecular flexibility index (Phi) is 5.28. The van der Waals surface area contributed by atoms with Crippen LogP contribution in [-0.2, 0) is 0 Å². The minimum atomic E-state index is -0.660. The van der Waals surface area contributed by atoms with Crippen LogP contribution in [0.4, 0.5) is 11.4 Å². The van der Waals surface area contributed by atoms with E-state index in [2.05, 4.69) is 5.32 Å². The third kappa shape index (κ3) is 3.81. The van der Waals surface area contributed by atoms with E-state index >= 15 is 0 Å². The number of nitrogens with one attached hydrogen (secondary N) is 1. The first-order valence-electron chi connectivity index (χ1n) is 6.53. The Morgan fingerprint density at radius 3 is 2.50 bits per heavy atom. The molecule has 0 aromatic heterocycles. The number of hydrogen-bond acceptors (Lipinski definition) is 4. The van der Waals surface area contributed by atoms with Gasteiger partial charge in [0.1, 0.15) is 5.75 Å². The van der Waals surface area contributed by atoms with Gasteiger partial charge in [-0.15, -0.1) is 0 Å². The number of anilines is 2. The van der Waals surface area contributed by atoms with Crippen LogP contribution in [0.2, 0.25) is 0 Å². The SMILES string of the molecule is CCOc1cc(NCC(O)(CC)CC)ccc1N. The summed E-state index contributed by atoms with van der Waals surface area (Å²) in [4.78, 5) is 0. The third-order valence-corrected chi connectivity index (χ3v) is 3.25. The minimum absolute atomic E-state index is 0.523. The molecule has 4 nitrogen and oxygen atoms in total. The van der Waals surface area contributed by atoms with Crippen LogP contribution in [0.15, 0.2) is 18.2 Å². The lowest BCUT2D eigenvalue weighted by Gasteiger charge is -2.26. The summed E-state index contributed by atoms with van der Waals surface area (Å²) in [5.74, 6) is 0.680. The Balaban J connectivity index is 2.70. The molecule has 0 bridgehead atoms. The second-order valence-electron chi connectivity index (χ2n) is 4.47. The second-order valence-corrected chi connectivity index (χ2v) is 4.47. The molecule has 0 saturated heterocycles. The topological polar surface area (TPSA) is 67.5 Å². The van der Waals surface area contributed by atoms with Crippen LogP contribution in [0.5, 0.6) is 5.75 Å². The molecule has 0 fully saturated rings. The van der Waals surface area contributed by atoms with E-state index in [0.29, 0.717) is 24.6 Å². The van der Waals surface area contributed by atoms with Gasteiger partial charge in [0.25, 0.3) is 0 Å². The van der Waals surface area contributed by atoms with Gasteiger partial charge in [-0.3, -0.25) is 0 Å². The van der Waals surface area contributed by atoms with E-state index in [1.165, 1.54) is 0 Å². The molecule has 0 radical (unpaired) electrons. The predicted octanol–water partition coefficient (Wildman–Crippen LogP) is 2.63. The molecule has 102 valence electrons. The maximum Gasteiger partial charge on any atom is 0.144 e. The summed E-state index contributed by atoms with van der Waals surface area (Å²) >= 11 is 0. The van der Waals surface area contributed by atoms with Gasteiger partial charge in [-0.1, -0.05) is 13.8 Å². The van der Waals surface area contributed by atoms with Gasteiger partial charge >= 0.3 is 0 Å². The standard InChI is InChI=1S/C14H24N2O2/c1-4-14(17,5-2)10-16-11-7-8-12(15)13(9-11)18-6-3/h7-9,16-17H,4-6,10,15H2,1-3H3. The van der Waals surface area contributed by atoms with Crippen LogP contribution in [0.3, 0.4) is 0 Å². The Hall–Kier alpha value is -1.42. The van der Waals surface area contributed by atoms with Crippen molar-refractivity contribution in [1.82, 2.24) is 0 Å². The molecule has 4 N–H and O–H groups in total. The van der Waals surface area contributed by atoms with Crippen molar-refractivity contribution in [3.8, 4) is 5.75 Å². The predicted molar refractivity (Wildman–Crippen MR) is 76.0 cm³/mol. The van der Waals surface area contributed by atoms with Gasteiger partial charge in [0.05, 0.1) is 17.9 Å². The Morgan fingerprint density at radius 2 is 1.94 bits per heavy atom. The zero-order valence-corrected chi connectivity index (χ0v) is 11.5. The van der Waals surface area contributed by atoms with Crippen molar-refractivity contribution >= 4 is 11.4 Å². The molecule has 1 aromatic rings. The highest BCUT2D eigenvalue weighted by atomic mass is 16.5. The molecule has 0 aliphatic rings. The van der Waals surface area contributed by atoms with E-state index < -0.39 is 5.60 Å². The molecule has 0 heterocycles. The van der Waals surface area contributed by atoms with Gasteiger partial charge < -0.3 is 20.9 Å². The summed E-state index contributed by atoms with van der Waals surface area (Å²) in [5, 5.41) is 13.4.